The highest BCUT2D eigenvalue weighted by Crippen LogP contribution is 2.35. The van der Waals surface area contributed by atoms with Crippen LogP contribution in [-0.4, -0.2) is 46.1 Å². The molecule has 1 fully saturated rings. The van der Waals surface area contributed by atoms with Gasteiger partial charge in [0.1, 0.15) is 11.9 Å². The molecule has 0 saturated carbocycles. The molecule has 0 bridgehead atoms. The van der Waals surface area contributed by atoms with Crippen molar-refractivity contribution in [3.8, 4) is 0 Å². The second-order valence-corrected chi connectivity index (χ2v) is 6.54. The van der Waals surface area contributed by atoms with Crippen LogP contribution in [0.4, 0.5) is 0 Å². The number of oxazole rings is 1. The van der Waals surface area contributed by atoms with Gasteiger partial charge in [-0.15, -0.1) is 0 Å². The Hall–Kier alpha value is -3.00. The third-order valence-electron chi connectivity index (χ3n) is 4.96. The van der Waals surface area contributed by atoms with Gasteiger partial charge >= 0.3 is 0 Å². The average Bonchev–Trinajstić information content (AvgIpc) is 3.41. The number of nitrogens with zero attached hydrogens (tertiary/aromatic N) is 4. The van der Waals surface area contributed by atoms with Crippen LogP contribution in [-0.2, 0) is 16.8 Å². The molecule has 1 saturated heterocycles. The molecular weight excluding hydrogens is 348 g/mol. The molecule has 0 N–H and O–H groups in total. The van der Waals surface area contributed by atoms with E-state index in [1.165, 1.54) is 12.7 Å². The number of amides is 1. The fourth-order valence-corrected chi connectivity index (χ4v) is 3.35. The van der Waals surface area contributed by atoms with E-state index in [0.717, 1.165) is 5.56 Å². The van der Waals surface area contributed by atoms with Gasteiger partial charge in [0, 0.05) is 39.5 Å². The molecule has 8 nitrogen and oxygen atoms in total. The second kappa shape index (κ2) is 7.32. The molecule has 1 aromatic carbocycles. The SMILES string of the molecule is COC1(c2nc(Cc3ccccc3)no2)CCN(C(=O)c2cocn2)CC1. The maximum Gasteiger partial charge on any atom is 0.275 e. The van der Waals surface area contributed by atoms with Crippen molar-refractivity contribution in [2.24, 2.45) is 0 Å². The van der Waals surface area contributed by atoms with Gasteiger partial charge < -0.3 is 18.6 Å². The standard InChI is InChI=1S/C19H20N4O4/c1-25-19(7-9-23(10-8-19)17(24)15-12-26-13-20-15)18-21-16(22-27-18)11-14-5-3-2-4-6-14/h2-6,12-13H,7-11H2,1H3. The van der Waals surface area contributed by atoms with Crippen LogP contribution in [0.2, 0.25) is 0 Å². The van der Waals surface area contributed by atoms with Crippen LogP contribution < -0.4 is 0 Å². The van der Waals surface area contributed by atoms with Crippen LogP contribution in [0.3, 0.4) is 0 Å². The first-order chi connectivity index (χ1) is 13.2. The largest absolute Gasteiger partial charge is 0.451 e. The van der Waals surface area contributed by atoms with E-state index in [4.69, 9.17) is 13.7 Å². The molecule has 4 rings (SSSR count). The maximum atomic E-state index is 12.4. The van der Waals surface area contributed by atoms with E-state index in [0.29, 0.717) is 49.8 Å². The number of likely N-dealkylation sites (tertiary alicyclic amines) is 1. The molecule has 1 aliphatic heterocycles. The number of rotatable bonds is 5. The Bertz CT molecular complexity index is 884. The summed E-state index contributed by atoms with van der Waals surface area (Å²) in [5, 5.41) is 4.11. The normalized spacial score (nSPS) is 16.4. The number of carbonyl (C=O) groups excluding carboxylic acids is 1. The highest BCUT2D eigenvalue weighted by Gasteiger charge is 2.42. The molecule has 1 amide bonds. The fourth-order valence-electron chi connectivity index (χ4n) is 3.35. The summed E-state index contributed by atoms with van der Waals surface area (Å²) in [6, 6.07) is 9.98. The first-order valence-electron chi connectivity index (χ1n) is 8.80. The van der Waals surface area contributed by atoms with Gasteiger partial charge in [0.15, 0.2) is 17.9 Å². The average molecular weight is 368 g/mol. The van der Waals surface area contributed by atoms with E-state index in [9.17, 15) is 4.79 Å². The van der Waals surface area contributed by atoms with E-state index >= 15 is 0 Å². The van der Waals surface area contributed by atoms with Gasteiger partial charge in [-0.2, -0.15) is 4.98 Å². The van der Waals surface area contributed by atoms with Gasteiger partial charge in [0.05, 0.1) is 0 Å². The molecule has 1 aliphatic rings. The lowest BCUT2D eigenvalue weighted by Crippen LogP contribution is -2.46. The van der Waals surface area contributed by atoms with Gasteiger partial charge in [0.2, 0.25) is 0 Å². The van der Waals surface area contributed by atoms with Crippen molar-refractivity contribution in [1.82, 2.24) is 20.0 Å². The Morgan fingerprint density at radius 3 is 2.70 bits per heavy atom. The van der Waals surface area contributed by atoms with E-state index in [1.54, 1.807) is 12.0 Å². The summed E-state index contributed by atoms with van der Waals surface area (Å²) < 4.78 is 16.2. The molecule has 3 aromatic rings. The summed E-state index contributed by atoms with van der Waals surface area (Å²) in [5.41, 5.74) is 0.745. The molecule has 140 valence electrons. The van der Waals surface area contributed by atoms with Crippen molar-refractivity contribution < 1.29 is 18.5 Å². The first kappa shape index (κ1) is 17.4. The lowest BCUT2D eigenvalue weighted by atomic mass is 9.90. The Labute approximate surface area is 156 Å². The Morgan fingerprint density at radius 1 is 1.26 bits per heavy atom. The summed E-state index contributed by atoms with van der Waals surface area (Å²) in [4.78, 5) is 22.6. The van der Waals surface area contributed by atoms with Crippen molar-refractivity contribution in [1.29, 1.82) is 0 Å². The van der Waals surface area contributed by atoms with E-state index < -0.39 is 5.60 Å². The smallest absolute Gasteiger partial charge is 0.275 e. The van der Waals surface area contributed by atoms with Crippen LogP contribution in [0.5, 0.6) is 0 Å². The molecule has 0 aliphatic carbocycles. The number of hydrogen-bond acceptors (Lipinski definition) is 7. The van der Waals surface area contributed by atoms with E-state index in [-0.39, 0.29) is 5.91 Å². The molecule has 27 heavy (non-hydrogen) atoms. The van der Waals surface area contributed by atoms with Gasteiger partial charge in [0.25, 0.3) is 11.8 Å². The lowest BCUT2D eigenvalue weighted by molar-refractivity contribution is -0.0779. The number of piperidine rings is 1. The number of carbonyl (C=O) groups is 1. The zero-order valence-corrected chi connectivity index (χ0v) is 15.0. The van der Waals surface area contributed by atoms with Crippen LogP contribution in [0.15, 0.2) is 51.9 Å². The second-order valence-electron chi connectivity index (χ2n) is 6.54. The van der Waals surface area contributed by atoms with Crippen molar-refractivity contribution >= 4 is 5.91 Å². The molecular formula is C19H20N4O4. The summed E-state index contributed by atoms with van der Waals surface area (Å²) in [5.74, 6) is 0.932. The number of ether oxygens (including phenoxy) is 1. The topological polar surface area (TPSA) is 94.5 Å². The van der Waals surface area contributed by atoms with Crippen molar-refractivity contribution in [2.75, 3.05) is 20.2 Å². The quantitative estimate of drug-likeness (QED) is 0.682. The Kier molecular flexibility index (Phi) is 4.72. The van der Waals surface area contributed by atoms with Crippen LogP contribution >= 0.6 is 0 Å². The number of benzene rings is 1. The monoisotopic (exact) mass is 368 g/mol. The minimum Gasteiger partial charge on any atom is -0.451 e. The molecule has 8 heteroatoms. The van der Waals surface area contributed by atoms with Crippen LogP contribution in [0.1, 0.15) is 40.6 Å². The van der Waals surface area contributed by atoms with Crippen molar-refractivity contribution in [2.45, 2.75) is 24.9 Å². The van der Waals surface area contributed by atoms with E-state index in [2.05, 4.69) is 15.1 Å². The summed E-state index contributed by atoms with van der Waals surface area (Å²) in [6.07, 6.45) is 4.35. The minimum absolute atomic E-state index is 0.149. The Balaban J connectivity index is 1.45. The van der Waals surface area contributed by atoms with Gasteiger partial charge in [-0.1, -0.05) is 35.5 Å². The zero-order chi connectivity index (χ0) is 18.7. The predicted octanol–water partition coefficient (Wildman–Crippen LogP) is 2.43. The fraction of sp³-hybridized carbons (Fsp3) is 0.368. The highest BCUT2D eigenvalue weighted by atomic mass is 16.5. The number of aromatic nitrogens is 3. The first-order valence-corrected chi connectivity index (χ1v) is 8.80. The Morgan fingerprint density at radius 2 is 2.04 bits per heavy atom. The van der Waals surface area contributed by atoms with Crippen molar-refractivity contribution in [3.63, 3.8) is 0 Å². The van der Waals surface area contributed by atoms with Crippen LogP contribution in [0.25, 0.3) is 0 Å². The predicted molar refractivity (Wildman–Crippen MR) is 93.9 cm³/mol. The van der Waals surface area contributed by atoms with Gasteiger partial charge in [-0.3, -0.25) is 4.79 Å². The highest BCUT2D eigenvalue weighted by molar-refractivity contribution is 5.91. The van der Waals surface area contributed by atoms with Crippen molar-refractivity contribution in [3.05, 3.63) is 66.0 Å². The summed E-state index contributed by atoms with van der Waals surface area (Å²) >= 11 is 0. The molecule has 0 atom stereocenters. The summed E-state index contributed by atoms with van der Waals surface area (Å²) in [6.45, 7) is 1.02. The molecule has 0 spiro atoms. The third kappa shape index (κ3) is 3.48. The number of hydrogen-bond donors (Lipinski definition) is 0. The van der Waals surface area contributed by atoms with Gasteiger partial charge in [-0.25, -0.2) is 4.98 Å². The maximum absolute atomic E-state index is 12.4. The lowest BCUT2D eigenvalue weighted by Gasteiger charge is -2.37. The molecule has 3 heterocycles. The number of methoxy groups -OCH3 is 1. The molecule has 2 aromatic heterocycles. The van der Waals surface area contributed by atoms with E-state index in [1.807, 2.05) is 30.3 Å². The summed E-state index contributed by atoms with van der Waals surface area (Å²) in [7, 11) is 1.64. The zero-order valence-electron chi connectivity index (χ0n) is 15.0. The van der Waals surface area contributed by atoms with Gasteiger partial charge in [-0.05, 0) is 5.56 Å². The molecule has 0 unspecified atom stereocenters. The van der Waals surface area contributed by atoms with Crippen LogP contribution in [0, 0.1) is 0 Å². The third-order valence-corrected chi connectivity index (χ3v) is 4.96. The minimum atomic E-state index is -0.678. The molecule has 0 radical (unpaired) electrons.